The third-order valence-corrected chi connectivity index (χ3v) is 2.57. The standard InChI is InChI=1S/C13H7F4N2/c14-9-1-2-12(13(15,16)17)11(6-9)8-3-4-19-10(5-8)7-18/h1-6,10H/q-1. The summed E-state index contributed by atoms with van der Waals surface area (Å²) >= 11 is 0. The summed E-state index contributed by atoms with van der Waals surface area (Å²) in [6.45, 7) is 0. The summed E-state index contributed by atoms with van der Waals surface area (Å²) in [5.74, 6) is -0.770. The maximum atomic E-state index is 13.2. The second kappa shape index (κ2) is 4.76. The molecule has 0 radical (unpaired) electrons. The molecule has 0 saturated heterocycles. The van der Waals surface area contributed by atoms with E-state index < -0.39 is 23.6 Å². The average molecular weight is 267 g/mol. The summed E-state index contributed by atoms with van der Waals surface area (Å²) in [6.07, 6.45) is -0.759. The third-order valence-electron chi connectivity index (χ3n) is 2.57. The summed E-state index contributed by atoms with van der Waals surface area (Å²) in [5, 5.41) is 12.5. The van der Waals surface area contributed by atoms with Gasteiger partial charge in [0.15, 0.2) is 0 Å². The van der Waals surface area contributed by atoms with Gasteiger partial charge in [-0.2, -0.15) is 24.6 Å². The Morgan fingerprint density at radius 3 is 2.63 bits per heavy atom. The highest BCUT2D eigenvalue weighted by Crippen LogP contribution is 2.37. The van der Waals surface area contributed by atoms with Crippen LogP contribution in [0.3, 0.4) is 0 Å². The van der Waals surface area contributed by atoms with E-state index in [0.29, 0.717) is 6.07 Å². The molecule has 1 atom stereocenters. The molecule has 6 heteroatoms. The molecule has 0 N–H and O–H groups in total. The minimum Gasteiger partial charge on any atom is -0.673 e. The van der Waals surface area contributed by atoms with Crippen molar-refractivity contribution in [2.45, 2.75) is 12.2 Å². The number of halogens is 4. The number of nitriles is 1. The zero-order chi connectivity index (χ0) is 14.0. The van der Waals surface area contributed by atoms with Gasteiger partial charge in [-0.05, 0) is 35.4 Å². The average Bonchev–Trinajstić information content (AvgIpc) is 2.37. The molecule has 0 bridgehead atoms. The van der Waals surface area contributed by atoms with Crippen molar-refractivity contribution in [2.75, 3.05) is 0 Å². The lowest BCUT2D eigenvalue weighted by Crippen LogP contribution is -2.10. The first kappa shape index (κ1) is 13.1. The van der Waals surface area contributed by atoms with Crippen molar-refractivity contribution in [3.05, 3.63) is 58.8 Å². The normalized spacial score (nSPS) is 18.5. The first-order valence-corrected chi connectivity index (χ1v) is 5.27. The fourth-order valence-corrected chi connectivity index (χ4v) is 1.74. The van der Waals surface area contributed by atoms with Crippen LogP contribution in [-0.2, 0) is 6.18 Å². The smallest absolute Gasteiger partial charge is 0.417 e. The Kier molecular flexibility index (Phi) is 3.30. The molecule has 1 unspecified atom stereocenters. The van der Waals surface area contributed by atoms with Gasteiger partial charge in [0.2, 0.25) is 0 Å². The van der Waals surface area contributed by atoms with Crippen molar-refractivity contribution >= 4 is 5.57 Å². The monoisotopic (exact) mass is 267 g/mol. The molecule has 19 heavy (non-hydrogen) atoms. The van der Waals surface area contributed by atoms with Crippen LogP contribution in [0.25, 0.3) is 10.9 Å². The van der Waals surface area contributed by atoms with Crippen molar-refractivity contribution in [2.24, 2.45) is 0 Å². The van der Waals surface area contributed by atoms with E-state index in [4.69, 9.17) is 5.26 Å². The summed E-state index contributed by atoms with van der Waals surface area (Å²) in [7, 11) is 0. The molecule has 0 saturated carbocycles. The second-order valence-corrected chi connectivity index (χ2v) is 3.85. The Bertz CT molecular complexity index is 594. The lowest BCUT2D eigenvalue weighted by Gasteiger charge is -2.26. The summed E-state index contributed by atoms with van der Waals surface area (Å²) in [5.41, 5.74) is -1.10. The van der Waals surface area contributed by atoms with E-state index >= 15 is 0 Å². The van der Waals surface area contributed by atoms with E-state index in [1.807, 2.05) is 6.07 Å². The molecule has 1 aliphatic heterocycles. The van der Waals surface area contributed by atoms with Gasteiger partial charge in [-0.15, -0.1) is 0 Å². The highest BCUT2D eigenvalue weighted by atomic mass is 19.4. The number of benzene rings is 1. The second-order valence-electron chi connectivity index (χ2n) is 3.85. The van der Waals surface area contributed by atoms with Crippen LogP contribution in [0.1, 0.15) is 11.1 Å². The molecule has 2 rings (SSSR count). The summed E-state index contributed by atoms with van der Waals surface area (Å²) in [4.78, 5) is 0. The van der Waals surface area contributed by atoms with E-state index in [1.165, 1.54) is 18.4 Å². The van der Waals surface area contributed by atoms with E-state index in [-0.39, 0.29) is 11.1 Å². The topological polar surface area (TPSA) is 37.9 Å². The van der Waals surface area contributed by atoms with Gasteiger partial charge in [-0.1, -0.05) is 12.2 Å². The molecule has 2 nitrogen and oxygen atoms in total. The molecule has 0 aliphatic carbocycles. The number of nitrogens with zero attached hydrogens (tertiary/aromatic N) is 2. The predicted molar refractivity (Wildman–Crippen MR) is 61.3 cm³/mol. The Morgan fingerprint density at radius 1 is 1.26 bits per heavy atom. The van der Waals surface area contributed by atoms with Crippen molar-refractivity contribution in [3.63, 3.8) is 0 Å². The molecule has 0 amide bonds. The van der Waals surface area contributed by atoms with E-state index in [2.05, 4.69) is 5.32 Å². The fourth-order valence-electron chi connectivity index (χ4n) is 1.74. The van der Waals surface area contributed by atoms with Crippen LogP contribution >= 0.6 is 0 Å². The van der Waals surface area contributed by atoms with Gasteiger partial charge in [0.25, 0.3) is 0 Å². The van der Waals surface area contributed by atoms with Gasteiger partial charge in [-0.25, -0.2) is 4.39 Å². The van der Waals surface area contributed by atoms with Crippen molar-refractivity contribution in [1.29, 1.82) is 5.26 Å². The first-order chi connectivity index (χ1) is 8.91. The van der Waals surface area contributed by atoms with Crippen molar-refractivity contribution < 1.29 is 17.6 Å². The van der Waals surface area contributed by atoms with Crippen LogP contribution in [0, 0.1) is 17.1 Å². The lowest BCUT2D eigenvalue weighted by molar-refractivity contribution is -0.137. The molecule has 1 aromatic rings. The molecular formula is C13H7F4N2-. The van der Waals surface area contributed by atoms with E-state index in [9.17, 15) is 17.6 Å². The van der Waals surface area contributed by atoms with Crippen LogP contribution < -0.4 is 0 Å². The van der Waals surface area contributed by atoms with Crippen molar-refractivity contribution in [3.8, 4) is 6.07 Å². The number of rotatable bonds is 1. The van der Waals surface area contributed by atoms with Gasteiger partial charge < -0.3 is 5.32 Å². The van der Waals surface area contributed by atoms with E-state index in [0.717, 1.165) is 12.1 Å². The van der Waals surface area contributed by atoms with Gasteiger partial charge in [0, 0.05) is 0 Å². The molecular weight excluding hydrogens is 260 g/mol. The largest absolute Gasteiger partial charge is 0.673 e. The van der Waals surface area contributed by atoms with Gasteiger partial charge in [-0.3, -0.25) is 0 Å². The SMILES string of the molecule is N#CC1C=C(c2cc(F)ccc2C(F)(F)F)C=C[N-]1. The Morgan fingerprint density at radius 2 is 2.00 bits per heavy atom. The third kappa shape index (κ3) is 2.76. The van der Waals surface area contributed by atoms with Gasteiger partial charge in [0.05, 0.1) is 11.6 Å². The highest BCUT2D eigenvalue weighted by molar-refractivity contribution is 5.79. The minimum absolute atomic E-state index is 0.133. The first-order valence-electron chi connectivity index (χ1n) is 5.27. The number of alkyl halides is 3. The Labute approximate surface area is 106 Å². The Hall–Kier alpha value is -2.29. The summed E-state index contributed by atoms with van der Waals surface area (Å²) in [6, 6.07) is 3.20. The molecule has 1 heterocycles. The zero-order valence-electron chi connectivity index (χ0n) is 9.45. The fraction of sp³-hybridized carbons (Fsp3) is 0.154. The van der Waals surface area contributed by atoms with E-state index in [1.54, 1.807) is 0 Å². The van der Waals surface area contributed by atoms with Gasteiger partial charge >= 0.3 is 6.18 Å². The zero-order valence-corrected chi connectivity index (χ0v) is 9.45. The maximum Gasteiger partial charge on any atom is 0.417 e. The number of hydrogen-bond donors (Lipinski definition) is 0. The summed E-state index contributed by atoms with van der Waals surface area (Å²) < 4.78 is 51.7. The molecule has 1 aromatic carbocycles. The molecule has 0 spiro atoms. The molecule has 0 aromatic heterocycles. The van der Waals surface area contributed by atoms with Gasteiger partial charge in [0.1, 0.15) is 5.82 Å². The minimum atomic E-state index is -4.59. The van der Waals surface area contributed by atoms with Crippen molar-refractivity contribution in [1.82, 2.24) is 0 Å². The quantitative estimate of drug-likeness (QED) is 0.708. The molecule has 1 aliphatic rings. The highest BCUT2D eigenvalue weighted by Gasteiger charge is 2.34. The lowest BCUT2D eigenvalue weighted by atomic mass is 9.96. The molecule has 98 valence electrons. The number of hydrogen-bond acceptors (Lipinski definition) is 1. The van der Waals surface area contributed by atoms with Crippen LogP contribution in [0.2, 0.25) is 0 Å². The van der Waals surface area contributed by atoms with Crippen LogP contribution in [0.4, 0.5) is 17.6 Å². The predicted octanol–water partition coefficient (Wildman–Crippen LogP) is 4.02. The number of allylic oxidation sites excluding steroid dienone is 2. The van der Waals surface area contributed by atoms with Crippen LogP contribution in [-0.4, -0.2) is 6.04 Å². The van der Waals surface area contributed by atoms with Crippen LogP contribution in [0.15, 0.2) is 36.6 Å². The molecule has 0 fully saturated rings. The Balaban J connectivity index is 2.56. The maximum absolute atomic E-state index is 13.2. The van der Waals surface area contributed by atoms with Crippen LogP contribution in [0.5, 0.6) is 0 Å².